The number of para-hydroxylation sites is 1. The molecule has 0 aliphatic heterocycles. The molecule has 0 unspecified atom stereocenters. The lowest BCUT2D eigenvalue weighted by molar-refractivity contribution is 0.102. The van der Waals surface area contributed by atoms with Crippen molar-refractivity contribution in [1.82, 2.24) is 0 Å². The molecule has 3 aromatic carbocycles. The van der Waals surface area contributed by atoms with Crippen LogP contribution in [-0.2, 0) is 0 Å². The van der Waals surface area contributed by atoms with Crippen LogP contribution in [0, 0.1) is 0 Å². The fraction of sp³-hybridized carbons (Fsp3) is 0. The molecule has 4 aromatic rings. The Morgan fingerprint density at radius 2 is 1.64 bits per heavy atom. The zero-order chi connectivity index (χ0) is 19.7. The molecule has 1 heterocycles. The largest absolute Gasteiger partial charge is 0.422 e. The highest BCUT2D eigenvalue weighted by Crippen LogP contribution is 2.24. The third-order valence-electron chi connectivity index (χ3n) is 4.27. The van der Waals surface area contributed by atoms with Crippen LogP contribution in [-0.4, -0.2) is 5.91 Å². The quantitative estimate of drug-likeness (QED) is 0.420. The van der Waals surface area contributed by atoms with E-state index in [0.717, 1.165) is 5.39 Å². The number of nitrogens with one attached hydrogen (secondary N) is 1. The number of hydrogen-bond acceptors (Lipinski definition) is 3. The summed E-state index contributed by atoms with van der Waals surface area (Å²) in [6, 6.07) is 20.7. The second kappa shape index (κ2) is 7.50. The molecule has 0 fully saturated rings. The van der Waals surface area contributed by atoms with E-state index in [-0.39, 0.29) is 11.5 Å². The van der Waals surface area contributed by atoms with Gasteiger partial charge in [-0.3, -0.25) is 4.79 Å². The summed E-state index contributed by atoms with van der Waals surface area (Å²) >= 11 is 12.0. The number of amides is 1. The molecule has 0 bridgehead atoms. The van der Waals surface area contributed by atoms with Gasteiger partial charge in [-0.15, -0.1) is 0 Å². The van der Waals surface area contributed by atoms with Gasteiger partial charge < -0.3 is 9.73 Å². The van der Waals surface area contributed by atoms with Crippen LogP contribution in [0.1, 0.15) is 10.4 Å². The minimum Gasteiger partial charge on any atom is -0.422 e. The molecule has 0 saturated carbocycles. The van der Waals surface area contributed by atoms with Crippen LogP contribution in [0.15, 0.2) is 82.0 Å². The van der Waals surface area contributed by atoms with E-state index in [1.165, 1.54) is 6.07 Å². The normalized spacial score (nSPS) is 10.8. The Kier molecular flexibility index (Phi) is 4.90. The van der Waals surface area contributed by atoms with E-state index < -0.39 is 5.63 Å². The van der Waals surface area contributed by atoms with Gasteiger partial charge in [-0.05, 0) is 48.0 Å². The van der Waals surface area contributed by atoms with Crippen molar-refractivity contribution < 1.29 is 9.21 Å². The van der Waals surface area contributed by atoms with Gasteiger partial charge >= 0.3 is 5.63 Å². The van der Waals surface area contributed by atoms with Gasteiger partial charge in [-0.25, -0.2) is 4.79 Å². The summed E-state index contributed by atoms with van der Waals surface area (Å²) in [5, 5.41) is 4.34. The predicted molar refractivity (Wildman–Crippen MR) is 112 cm³/mol. The molecule has 0 aliphatic carbocycles. The van der Waals surface area contributed by atoms with Gasteiger partial charge in [0.1, 0.15) is 5.58 Å². The van der Waals surface area contributed by atoms with Crippen molar-refractivity contribution in [2.75, 3.05) is 5.32 Å². The molecule has 4 nitrogen and oxygen atoms in total. The fourth-order valence-electron chi connectivity index (χ4n) is 2.87. The van der Waals surface area contributed by atoms with E-state index in [9.17, 15) is 9.59 Å². The molecule has 1 N–H and O–H groups in total. The number of anilines is 1. The first kappa shape index (κ1) is 18.3. The summed E-state index contributed by atoms with van der Waals surface area (Å²) < 4.78 is 5.37. The first-order valence-corrected chi connectivity index (χ1v) is 9.16. The molecule has 1 aromatic heterocycles. The molecular weight excluding hydrogens is 397 g/mol. The average molecular weight is 410 g/mol. The molecule has 1 amide bonds. The topological polar surface area (TPSA) is 59.3 Å². The van der Waals surface area contributed by atoms with Gasteiger partial charge in [0.2, 0.25) is 0 Å². The zero-order valence-electron chi connectivity index (χ0n) is 14.4. The smallest absolute Gasteiger partial charge is 0.344 e. The highest BCUT2D eigenvalue weighted by atomic mass is 35.5. The SMILES string of the molecule is O=C(Nc1ccc(-c2cc3ccccc3oc2=O)cc1)c1cc(Cl)ccc1Cl. The van der Waals surface area contributed by atoms with E-state index in [4.69, 9.17) is 27.6 Å². The minimum absolute atomic E-state index is 0.286. The standard InChI is InChI=1S/C22H13Cl2NO3/c23-15-7-10-19(24)18(12-15)21(26)25-16-8-5-13(6-9-16)17-11-14-3-1-2-4-20(14)28-22(17)27/h1-12H,(H,25,26). The minimum atomic E-state index is -0.416. The Hall–Kier alpha value is -3.08. The van der Waals surface area contributed by atoms with Crippen molar-refractivity contribution in [3.05, 3.63) is 98.8 Å². The van der Waals surface area contributed by atoms with Crippen molar-refractivity contribution >= 4 is 45.8 Å². The van der Waals surface area contributed by atoms with Crippen LogP contribution in [0.3, 0.4) is 0 Å². The lowest BCUT2D eigenvalue weighted by Crippen LogP contribution is -2.12. The van der Waals surface area contributed by atoms with Crippen molar-refractivity contribution in [3.63, 3.8) is 0 Å². The van der Waals surface area contributed by atoms with Gasteiger partial charge in [-0.1, -0.05) is 53.5 Å². The summed E-state index contributed by atoms with van der Waals surface area (Å²) in [5.74, 6) is -0.370. The molecule has 0 aliphatic rings. The summed E-state index contributed by atoms with van der Waals surface area (Å²) in [4.78, 5) is 24.7. The summed E-state index contributed by atoms with van der Waals surface area (Å²) in [7, 11) is 0. The Balaban J connectivity index is 1.61. The zero-order valence-corrected chi connectivity index (χ0v) is 15.9. The molecule has 138 valence electrons. The summed E-state index contributed by atoms with van der Waals surface area (Å²) in [5.41, 5.74) is 2.12. The Labute approximate surface area is 170 Å². The van der Waals surface area contributed by atoms with Crippen LogP contribution in [0.5, 0.6) is 0 Å². The Morgan fingerprint density at radius 3 is 2.43 bits per heavy atom. The molecule has 28 heavy (non-hydrogen) atoms. The summed E-state index contributed by atoms with van der Waals surface area (Å²) in [6.45, 7) is 0. The van der Waals surface area contributed by atoms with Gasteiger partial charge in [0.05, 0.1) is 16.1 Å². The monoisotopic (exact) mass is 409 g/mol. The van der Waals surface area contributed by atoms with Gasteiger partial charge in [0, 0.05) is 16.1 Å². The van der Waals surface area contributed by atoms with E-state index in [0.29, 0.717) is 32.4 Å². The van der Waals surface area contributed by atoms with E-state index in [1.807, 2.05) is 18.2 Å². The first-order chi connectivity index (χ1) is 13.5. The number of fused-ring (bicyclic) bond motifs is 1. The average Bonchev–Trinajstić information content (AvgIpc) is 2.70. The predicted octanol–water partition coefficient (Wildman–Crippen LogP) is 6.02. The number of carbonyl (C=O) groups excluding carboxylic acids is 1. The van der Waals surface area contributed by atoms with E-state index in [2.05, 4.69) is 5.32 Å². The van der Waals surface area contributed by atoms with E-state index >= 15 is 0 Å². The molecule has 0 spiro atoms. The van der Waals surface area contributed by atoms with Crippen LogP contribution in [0.2, 0.25) is 10.0 Å². The van der Waals surface area contributed by atoms with Crippen LogP contribution < -0.4 is 10.9 Å². The molecule has 0 atom stereocenters. The number of halogens is 2. The molecule has 0 saturated heterocycles. The Morgan fingerprint density at radius 1 is 0.893 bits per heavy atom. The number of rotatable bonds is 3. The maximum Gasteiger partial charge on any atom is 0.344 e. The van der Waals surface area contributed by atoms with Crippen molar-refractivity contribution in [1.29, 1.82) is 0 Å². The first-order valence-electron chi connectivity index (χ1n) is 8.41. The maximum absolute atomic E-state index is 12.4. The lowest BCUT2D eigenvalue weighted by atomic mass is 10.1. The van der Waals surface area contributed by atoms with Crippen LogP contribution in [0.4, 0.5) is 5.69 Å². The highest BCUT2D eigenvalue weighted by molar-refractivity contribution is 6.36. The number of carbonyl (C=O) groups is 1. The maximum atomic E-state index is 12.4. The fourth-order valence-corrected chi connectivity index (χ4v) is 3.24. The third kappa shape index (κ3) is 3.65. The number of hydrogen-bond donors (Lipinski definition) is 1. The van der Waals surface area contributed by atoms with Crippen LogP contribution in [0.25, 0.3) is 22.1 Å². The van der Waals surface area contributed by atoms with Crippen LogP contribution >= 0.6 is 23.2 Å². The molecule has 4 rings (SSSR count). The van der Waals surface area contributed by atoms with Crippen molar-refractivity contribution in [2.24, 2.45) is 0 Å². The van der Waals surface area contributed by atoms with Gasteiger partial charge in [-0.2, -0.15) is 0 Å². The number of benzene rings is 3. The summed E-state index contributed by atoms with van der Waals surface area (Å²) in [6.07, 6.45) is 0. The third-order valence-corrected chi connectivity index (χ3v) is 4.83. The molecular formula is C22H13Cl2NO3. The van der Waals surface area contributed by atoms with Gasteiger partial charge in [0.15, 0.2) is 0 Å². The second-order valence-corrected chi connectivity index (χ2v) is 6.98. The second-order valence-electron chi connectivity index (χ2n) is 6.14. The Bertz CT molecular complexity index is 1250. The van der Waals surface area contributed by atoms with Crippen molar-refractivity contribution in [3.8, 4) is 11.1 Å². The lowest BCUT2D eigenvalue weighted by Gasteiger charge is -2.08. The molecule has 0 radical (unpaired) electrons. The van der Waals surface area contributed by atoms with Crippen molar-refractivity contribution in [2.45, 2.75) is 0 Å². The van der Waals surface area contributed by atoms with E-state index in [1.54, 1.807) is 48.5 Å². The highest BCUT2D eigenvalue weighted by Gasteiger charge is 2.12. The molecule has 6 heteroatoms. The van der Waals surface area contributed by atoms with Gasteiger partial charge in [0.25, 0.3) is 5.91 Å².